The smallest absolute Gasteiger partial charge is 0.332 e. The number of anilines is 3. The van der Waals surface area contributed by atoms with Crippen LogP contribution in [0.15, 0.2) is 48.5 Å². The molecule has 8 heteroatoms. The van der Waals surface area contributed by atoms with Gasteiger partial charge in [-0.1, -0.05) is 19.1 Å². The topological polar surface area (TPSA) is 93.8 Å². The molecule has 4 rings (SSSR count). The van der Waals surface area contributed by atoms with Crippen molar-refractivity contribution < 1.29 is 14.4 Å². The number of carbonyl (C=O) groups is 3. The highest BCUT2D eigenvalue weighted by atomic mass is 16.2. The highest BCUT2D eigenvalue weighted by Crippen LogP contribution is 2.25. The quantitative estimate of drug-likeness (QED) is 0.643. The molecule has 2 aromatic carbocycles. The lowest BCUT2D eigenvalue weighted by Gasteiger charge is -2.32. The van der Waals surface area contributed by atoms with Crippen molar-refractivity contribution >= 4 is 35.0 Å². The fourth-order valence-corrected chi connectivity index (χ4v) is 3.77. The third kappa shape index (κ3) is 5.14. The van der Waals surface area contributed by atoms with E-state index in [2.05, 4.69) is 52.0 Å². The number of carbonyl (C=O) groups excluding carboxylic acids is 3. The molecular formula is C23H27N5O3. The molecule has 0 bridgehead atoms. The number of amides is 5. The molecule has 2 fully saturated rings. The van der Waals surface area contributed by atoms with Gasteiger partial charge in [-0.15, -0.1) is 0 Å². The van der Waals surface area contributed by atoms with E-state index in [-0.39, 0.29) is 13.1 Å². The second-order valence-corrected chi connectivity index (χ2v) is 8.14. The Hall–Kier alpha value is -3.55. The molecule has 0 atom stereocenters. The number of nitrogens with zero attached hydrogens (tertiary/aromatic N) is 2. The first-order valence-corrected chi connectivity index (χ1v) is 10.6. The summed E-state index contributed by atoms with van der Waals surface area (Å²) in [5.74, 6) is 0.339. The van der Waals surface area contributed by atoms with Gasteiger partial charge in [-0.3, -0.25) is 10.1 Å². The summed E-state index contributed by atoms with van der Waals surface area (Å²) in [5.41, 5.74) is 4.11. The molecule has 2 saturated heterocycles. The zero-order valence-corrected chi connectivity index (χ0v) is 17.6. The van der Waals surface area contributed by atoms with Crippen molar-refractivity contribution in [1.29, 1.82) is 0 Å². The van der Waals surface area contributed by atoms with Crippen LogP contribution in [-0.4, -0.2) is 42.5 Å². The van der Waals surface area contributed by atoms with E-state index in [0.29, 0.717) is 0 Å². The molecule has 5 amide bonds. The number of hydrogen-bond acceptors (Lipinski definition) is 5. The summed E-state index contributed by atoms with van der Waals surface area (Å²) in [6.07, 6.45) is 2.49. The van der Waals surface area contributed by atoms with E-state index in [9.17, 15) is 14.4 Å². The molecule has 2 aliphatic heterocycles. The van der Waals surface area contributed by atoms with Crippen LogP contribution in [0.25, 0.3) is 0 Å². The Balaban J connectivity index is 1.28. The highest BCUT2D eigenvalue weighted by Gasteiger charge is 2.31. The lowest BCUT2D eigenvalue weighted by molar-refractivity contribution is -0.118. The van der Waals surface area contributed by atoms with Gasteiger partial charge in [0.15, 0.2) is 0 Å². The molecule has 0 saturated carbocycles. The normalized spacial score (nSPS) is 16.9. The largest absolute Gasteiger partial charge is 0.372 e. The average Bonchev–Trinajstić information content (AvgIpc) is 3.12. The maximum absolute atomic E-state index is 12.0. The summed E-state index contributed by atoms with van der Waals surface area (Å²) in [6, 6.07) is 14.9. The molecule has 0 aromatic heterocycles. The van der Waals surface area contributed by atoms with Gasteiger partial charge < -0.3 is 15.5 Å². The van der Waals surface area contributed by atoms with Crippen LogP contribution in [0.4, 0.5) is 26.7 Å². The minimum absolute atomic E-state index is 0.247. The van der Waals surface area contributed by atoms with Gasteiger partial charge in [-0.05, 0) is 60.7 Å². The Morgan fingerprint density at radius 3 is 2.19 bits per heavy atom. The van der Waals surface area contributed by atoms with Gasteiger partial charge >= 0.3 is 12.1 Å². The second-order valence-electron chi connectivity index (χ2n) is 8.14. The van der Waals surface area contributed by atoms with E-state index in [1.807, 2.05) is 24.3 Å². The van der Waals surface area contributed by atoms with E-state index in [1.54, 1.807) is 0 Å². The number of imide groups is 2. The summed E-state index contributed by atoms with van der Waals surface area (Å²) in [7, 11) is 0. The first-order chi connectivity index (χ1) is 15.0. The first-order valence-electron chi connectivity index (χ1n) is 10.6. The molecule has 162 valence electrons. The summed E-state index contributed by atoms with van der Waals surface area (Å²) in [4.78, 5) is 38.0. The number of benzene rings is 2. The third-order valence-electron chi connectivity index (χ3n) is 5.74. The highest BCUT2D eigenvalue weighted by molar-refractivity contribution is 6.09. The fourth-order valence-electron chi connectivity index (χ4n) is 3.77. The molecule has 2 aliphatic rings. The predicted molar refractivity (Wildman–Crippen MR) is 119 cm³/mol. The zero-order chi connectivity index (χ0) is 21.8. The van der Waals surface area contributed by atoms with Crippen LogP contribution in [0.3, 0.4) is 0 Å². The minimum Gasteiger partial charge on any atom is -0.372 e. The molecule has 2 aromatic rings. The minimum atomic E-state index is -0.692. The second kappa shape index (κ2) is 9.07. The van der Waals surface area contributed by atoms with Crippen molar-refractivity contribution in [3.63, 3.8) is 0 Å². The van der Waals surface area contributed by atoms with Crippen molar-refractivity contribution in [3.8, 4) is 0 Å². The van der Waals surface area contributed by atoms with Crippen molar-refractivity contribution in [2.45, 2.75) is 26.3 Å². The van der Waals surface area contributed by atoms with Gasteiger partial charge in [-0.25, -0.2) is 14.5 Å². The molecule has 3 N–H and O–H groups in total. The summed E-state index contributed by atoms with van der Waals surface area (Å²) in [6.45, 7) is 4.57. The van der Waals surface area contributed by atoms with Crippen LogP contribution in [-0.2, 0) is 11.3 Å². The lowest BCUT2D eigenvalue weighted by atomic mass is 9.99. The van der Waals surface area contributed by atoms with Crippen LogP contribution in [0, 0.1) is 5.92 Å². The maximum Gasteiger partial charge on any atom is 0.332 e. The van der Waals surface area contributed by atoms with Crippen LogP contribution in [0.1, 0.15) is 25.3 Å². The van der Waals surface area contributed by atoms with Gasteiger partial charge in [0.1, 0.15) is 6.54 Å². The van der Waals surface area contributed by atoms with E-state index in [0.717, 1.165) is 40.8 Å². The molecule has 0 aliphatic carbocycles. The standard InChI is InChI=1S/C23H27N5O3/c1-16-10-12-27(13-11-16)20-8-6-19(7-9-20)25-18-4-2-17(3-5-18)14-24-22(30)28-15-21(29)26-23(28)31/h2-9,16,25H,10-15H2,1H3,(H,24,30)(H,26,29,31). The Kier molecular flexibility index (Phi) is 6.06. The van der Waals surface area contributed by atoms with Crippen LogP contribution in [0.5, 0.6) is 0 Å². The van der Waals surface area contributed by atoms with Gasteiger partial charge in [0.05, 0.1) is 0 Å². The number of piperidine rings is 1. The molecule has 8 nitrogen and oxygen atoms in total. The number of rotatable bonds is 5. The summed E-state index contributed by atoms with van der Waals surface area (Å²) >= 11 is 0. The van der Waals surface area contributed by atoms with E-state index in [1.165, 1.54) is 18.5 Å². The van der Waals surface area contributed by atoms with Crippen LogP contribution in [0.2, 0.25) is 0 Å². The van der Waals surface area contributed by atoms with E-state index in [4.69, 9.17) is 0 Å². The SMILES string of the molecule is CC1CCN(c2ccc(Nc3ccc(CNC(=O)N4CC(=O)NC4=O)cc3)cc2)CC1. The maximum atomic E-state index is 12.0. The third-order valence-corrected chi connectivity index (χ3v) is 5.74. The van der Waals surface area contributed by atoms with Gasteiger partial charge in [0.2, 0.25) is 5.91 Å². The van der Waals surface area contributed by atoms with Gasteiger partial charge in [0, 0.05) is 36.7 Å². The zero-order valence-electron chi connectivity index (χ0n) is 17.6. The number of nitrogens with one attached hydrogen (secondary N) is 3. The first kappa shape index (κ1) is 20.7. The molecule has 0 unspecified atom stereocenters. The van der Waals surface area contributed by atoms with Gasteiger partial charge in [-0.2, -0.15) is 0 Å². The summed E-state index contributed by atoms with van der Waals surface area (Å²) in [5, 5.41) is 8.11. The Morgan fingerprint density at radius 1 is 1.00 bits per heavy atom. The lowest BCUT2D eigenvalue weighted by Crippen LogP contribution is -2.41. The Morgan fingerprint density at radius 2 is 1.61 bits per heavy atom. The summed E-state index contributed by atoms with van der Waals surface area (Å²) < 4.78 is 0. The predicted octanol–water partition coefficient (Wildman–Crippen LogP) is 3.43. The van der Waals surface area contributed by atoms with E-state index < -0.39 is 18.0 Å². The van der Waals surface area contributed by atoms with Crippen LogP contribution < -0.4 is 20.9 Å². The fraction of sp³-hybridized carbons (Fsp3) is 0.348. The van der Waals surface area contributed by atoms with Crippen molar-refractivity contribution in [3.05, 3.63) is 54.1 Å². The molecule has 0 spiro atoms. The van der Waals surface area contributed by atoms with Crippen molar-refractivity contribution in [1.82, 2.24) is 15.5 Å². The molecule has 31 heavy (non-hydrogen) atoms. The Bertz CT molecular complexity index is 950. The average molecular weight is 422 g/mol. The number of urea groups is 2. The van der Waals surface area contributed by atoms with Crippen LogP contribution >= 0.6 is 0 Å². The van der Waals surface area contributed by atoms with Crippen molar-refractivity contribution in [2.75, 3.05) is 29.9 Å². The molecule has 2 heterocycles. The molecular weight excluding hydrogens is 394 g/mol. The molecule has 0 radical (unpaired) electrons. The number of hydrogen-bond donors (Lipinski definition) is 3. The van der Waals surface area contributed by atoms with Crippen molar-refractivity contribution in [2.24, 2.45) is 5.92 Å². The Labute approximate surface area is 181 Å². The van der Waals surface area contributed by atoms with Gasteiger partial charge in [0.25, 0.3) is 0 Å². The monoisotopic (exact) mass is 421 g/mol. The van der Waals surface area contributed by atoms with E-state index >= 15 is 0 Å².